The Hall–Kier alpha value is -1.70. The summed E-state index contributed by atoms with van der Waals surface area (Å²) in [4.78, 5) is 3.96. The number of rotatable bonds is 1. The Bertz CT molecular complexity index is 651. The van der Waals surface area contributed by atoms with E-state index in [-0.39, 0.29) is 0 Å². The van der Waals surface area contributed by atoms with Crippen LogP contribution in [-0.4, -0.2) is 0 Å². The number of nitrogens with zero attached hydrogens (tertiary/aromatic N) is 2. The molecule has 0 spiro atoms. The van der Waals surface area contributed by atoms with Crippen molar-refractivity contribution in [1.29, 1.82) is 5.26 Å². The number of hydrogen-bond acceptors (Lipinski definition) is 4. The maximum atomic E-state index is 9.41. The van der Waals surface area contributed by atoms with Crippen molar-refractivity contribution in [3.63, 3.8) is 0 Å². The van der Waals surface area contributed by atoms with Crippen LogP contribution in [0.3, 0.4) is 0 Å². The second-order valence-electron chi connectivity index (χ2n) is 4.00. The highest BCUT2D eigenvalue weighted by Gasteiger charge is 2.22. The fraction of sp³-hybridized carbons (Fsp3) is 0.0714. The van der Waals surface area contributed by atoms with Crippen LogP contribution in [0.1, 0.15) is 10.4 Å². The molecule has 0 unspecified atom stereocenters. The van der Waals surface area contributed by atoms with Crippen LogP contribution in [0, 0.1) is 18.4 Å². The molecule has 1 aliphatic rings. The lowest BCUT2D eigenvalue weighted by molar-refractivity contribution is 1.22. The Kier molecular flexibility index (Phi) is 2.86. The summed E-state index contributed by atoms with van der Waals surface area (Å²) in [7, 11) is 0. The van der Waals surface area contributed by atoms with E-state index in [9.17, 15) is 5.26 Å². The molecule has 4 heteroatoms. The van der Waals surface area contributed by atoms with Crippen molar-refractivity contribution >= 4 is 34.5 Å². The number of thiophene rings is 1. The third-order valence-corrected chi connectivity index (χ3v) is 4.58. The lowest BCUT2D eigenvalue weighted by Gasteiger charge is -2.25. The van der Waals surface area contributed by atoms with Gasteiger partial charge in [-0.25, -0.2) is 4.90 Å². The van der Waals surface area contributed by atoms with Gasteiger partial charge >= 0.3 is 0 Å². The highest BCUT2D eigenvalue weighted by atomic mass is 32.2. The molecule has 0 saturated carbocycles. The van der Waals surface area contributed by atoms with Gasteiger partial charge in [-0.05, 0) is 36.1 Å². The smallest absolute Gasteiger partial charge is 0.189 e. The zero-order valence-electron chi connectivity index (χ0n) is 9.75. The van der Waals surface area contributed by atoms with Crippen LogP contribution in [0.15, 0.2) is 46.0 Å². The molecule has 1 aromatic heterocycles. The average Bonchev–Trinajstić information content (AvgIpc) is 2.90. The second kappa shape index (κ2) is 4.52. The molecular formula is C14H10N2S2. The molecule has 0 amide bonds. The number of hydrogen-bond donors (Lipinski definition) is 0. The first-order valence-corrected chi connectivity index (χ1v) is 7.27. The summed E-state index contributed by atoms with van der Waals surface area (Å²) in [6.45, 7) is 2.07. The van der Waals surface area contributed by atoms with Crippen molar-refractivity contribution in [1.82, 2.24) is 0 Å². The Morgan fingerprint density at radius 2 is 2.17 bits per heavy atom. The topological polar surface area (TPSA) is 27.0 Å². The van der Waals surface area contributed by atoms with Crippen LogP contribution in [0.4, 0.5) is 5.69 Å². The van der Waals surface area contributed by atoms with E-state index < -0.39 is 0 Å². The number of nitriles is 1. The average molecular weight is 270 g/mol. The van der Waals surface area contributed by atoms with E-state index in [1.807, 2.05) is 29.6 Å². The van der Waals surface area contributed by atoms with E-state index in [0.29, 0.717) is 0 Å². The van der Waals surface area contributed by atoms with Crippen LogP contribution in [-0.2, 0) is 0 Å². The second-order valence-corrected chi connectivity index (χ2v) is 5.86. The molecule has 0 atom stereocenters. The number of benzene rings is 1. The fourth-order valence-corrected chi connectivity index (χ4v) is 3.71. The van der Waals surface area contributed by atoms with Crippen molar-refractivity contribution in [3.05, 3.63) is 51.6 Å². The highest BCUT2D eigenvalue weighted by Crippen LogP contribution is 2.42. The van der Waals surface area contributed by atoms with Gasteiger partial charge in [0.25, 0.3) is 0 Å². The number of thioether (sulfide) groups is 1. The van der Waals surface area contributed by atoms with Gasteiger partial charge in [0, 0.05) is 10.3 Å². The van der Waals surface area contributed by atoms with E-state index in [4.69, 9.17) is 0 Å². The molecule has 0 N–H and O–H groups in total. The normalized spacial score (nSPS) is 13.8. The SMILES string of the molecule is Cc1ccc2c(c1)SC=C(c1cccs1)N2C#N. The zero-order valence-corrected chi connectivity index (χ0v) is 11.4. The molecule has 0 radical (unpaired) electrons. The lowest BCUT2D eigenvalue weighted by Crippen LogP contribution is -2.16. The van der Waals surface area contributed by atoms with Crippen LogP contribution in [0.25, 0.3) is 5.70 Å². The standard InChI is InChI=1S/C14H10N2S2/c1-10-4-5-11-14(7-10)18-8-12(16(11)9-15)13-3-2-6-17-13/h2-8H,1H3. The van der Waals surface area contributed by atoms with Crippen molar-refractivity contribution in [3.8, 4) is 6.19 Å². The van der Waals surface area contributed by atoms with Crippen LogP contribution >= 0.6 is 23.1 Å². The Morgan fingerprint density at radius 1 is 1.28 bits per heavy atom. The molecule has 1 aromatic carbocycles. The summed E-state index contributed by atoms with van der Waals surface area (Å²) in [5, 5.41) is 13.5. The van der Waals surface area contributed by atoms with E-state index in [1.54, 1.807) is 28.0 Å². The molecule has 2 nitrogen and oxygen atoms in total. The maximum Gasteiger partial charge on any atom is 0.189 e. The maximum absolute atomic E-state index is 9.41. The van der Waals surface area contributed by atoms with Gasteiger partial charge in [-0.1, -0.05) is 23.9 Å². The largest absolute Gasteiger partial charge is 0.245 e. The summed E-state index contributed by atoms with van der Waals surface area (Å²) < 4.78 is 0. The monoisotopic (exact) mass is 270 g/mol. The van der Waals surface area contributed by atoms with E-state index >= 15 is 0 Å². The molecule has 2 aromatic rings. The molecule has 0 bridgehead atoms. The van der Waals surface area contributed by atoms with E-state index in [0.717, 1.165) is 21.2 Å². The van der Waals surface area contributed by atoms with E-state index in [1.165, 1.54) is 5.56 Å². The predicted octanol–water partition coefficient (Wildman–Crippen LogP) is 4.45. The number of anilines is 1. The van der Waals surface area contributed by atoms with Crippen molar-refractivity contribution in [2.24, 2.45) is 0 Å². The van der Waals surface area contributed by atoms with Gasteiger partial charge in [0.1, 0.15) is 0 Å². The first-order valence-electron chi connectivity index (χ1n) is 5.51. The molecule has 1 aliphatic heterocycles. The Morgan fingerprint density at radius 3 is 2.89 bits per heavy atom. The number of fused-ring (bicyclic) bond motifs is 1. The third-order valence-electron chi connectivity index (χ3n) is 2.77. The summed E-state index contributed by atoms with van der Waals surface area (Å²) in [5.41, 5.74) is 3.15. The molecule has 0 fully saturated rings. The molecule has 88 valence electrons. The quantitative estimate of drug-likeness (QED) is 0.716. The lowest BCUT2D eigenvalue weighted by atomic mass is 10.2. The van der Waals surface area contributed by atoms with Crippen LogP contribution in [0.2, 0.25) is 0 Å². The molecule has 3 rings (SSSR count). The fourth-order valence-electron chi connectivity index (χ4n) is 1.90. The predicted molar refractivity (Wildman–Crippen MR) is 77.4 cm³/mol. The molecule has 0 saturated heterocycles. The molecule has 0 aliphatic carbocycles. The van der Waals surface area contributed by atoms with Gasteiger partial charge in [0.05, 0.1) is 16.3 Å². The minimum atomic E-state index is 0.967. The highest BCUT2D eigenvalue weighted by molar-refractivity contribution is 8.02. The number of aryl methyl sites for hydroxylation is 1. The van der Waals surface area contributed by atoms with Crippen molar-refractivity contribution in [2.45, 2.75) is 11.8 Å². The van der Waals surface area contributed by atoms with Crippen molar-refractivity contribution in [2.75, 3.05) is 4.90 Å². The molecular weight excluding hydrogens is 260 g/mol. The molecule has 2 heterocycles. The van der Waals surface area contributed by atoms with Gasteiger partial charge in [0.2, 0.25) is 0 Å². The third kappa shape index (κ3) is 1.82. The van der Waals surface area contributed by atoms with Crippen molar-refractivity contribution < 1.29 is 0 Å². The van der Waals surface area contributed by atoms with Gasteiger partial charge in [-0.15, -0.1) is 11.3 Å². The summed E-state index contributed by atoms with van der Waals surface area (Å²) in [6, 6.07) is 10.2. The molecule has 18 heavy (non-hydrogen) atoms. The van der Waals surface area contributed by atoms with E-state index in [2.05, 4.69) is 24.6 Å². The zero-order chi connectivity index (χ0) is 12.5. The minimum absolute atomic E-state index is 0.967. The van der Waals surface area contributed by atoms with Crippen LogP contribution < -0.4 is 4.90 Å². The Labute approximate surface area is 114 Å². The van der Waals surface area contributed by atoms with Crippen LogP contribution in [0.5, 0.6) is 0 Å². The first kappa shape index (κ1) is 11.4. The summed E-state index contributed by atoms with van der Waals surface area (Å²) in [6.07, 6.45) is 2.28. The van der Waals surface area contributed by atoms with Gasteiger partial charge in [0.15, 0.2) is 6.19 Å². The first-order chi connectivity index (χ1) is 8.79. The Balaban J connectivity index is 2.10. The summed E-state index contributed by atoms with van der Waals surface area (Å²) in [5.74, 6) is 0. The minimum Gasteiger partial charge on any atom is -0.245 e. The summed E-state index contributed by atoms with van der Waals surface area (Å²) >= 11 is 3.33. The van der Waals surface area contributed by atoms with Gasteiger partial charge < -0.3 is 0 Å². The van der Waals surface area contributed by atoms with Gasteiger partial charge in [-0.2, -0.15) is 5.26 Å². The van der Waals surface area contributed by atoms with Gasteiger partial charge in [-0.3, -0.25) is 0 Å².